The van der Waals surface area contributed by atoms with Crippen molar-refractivity contribution in [2.24, 2.45) is 0 Å². The minimum atomic E-state index is -0.336. The Morgan fingerprint density at radius 3 is 2.77 bits per heavy atom. The first-order valence-electron chi connectivity index (χ1n) is 6.63. The molecule has 1 aromatic carbocycles. The van der Waals surface area contributed by atoms with E-state index in [2.05, 4.69) is 15.4 Å². The number of aromatic nitrogens is 3. The van der Waals surface area contributed by atoms with Crippen LogP contribution >= 0.6 is 11.3 Å². The molecule has 0 aliphatic heterocycles. The summed E-state index contributed by atoms with van der Waals surface area (Å²) < 4.78 is 14.5. The van der Waals surface area contributed by atoms with Crippen molar-refractivity contribution in [2.75, 3.05) is 0 Å². The van der Waals surface area contributed by atoms with Crippen LogP contribution in [0.5, 0.6) is 0 Å². The van der Waals surface area contributed by atoms with Gasteiger partial charge in [0.05, 0.1) is 12.2 Å². The molecule has 0 aliphatic carbocycles. The third kappa shape index (κ3) is 3.04. The number of amides is 1. The number of thiophene rings is 1. The van der Waals surface area contributed by atoms with Gasteiger partial charge in [0.1, 0.15) is 11.6 Å². The predicted molar refractivity (Wildman–Crippen MR) is 81.5 cm³/mol. The summed E-state index contributed by atoms with van der Waals surface area (Å²) in [5.74, 6) is -0.000873. The van der Waals surface area contributed by atoms with Gasteiger partial charge < -0.3 is 5.32 Å². The van der Waals surface area contributed by atoms with Crippen LogP contribution in [0.15, 0.2) is 41.8 Å². The number of hydrogen-bond acceptors (Lipinski definition) is 4. The fourth-order valence-electron chi connectivity index (χ4n) is 1.97. The van der Waals surface area contributed by atoms with Gasteiger partial charge in [-0.3, -0.25) is 4.79 Å². The summed E-state index contributed by atoms with van der Waals surface area (Å²) in [6, 6.07) is 9.73. The van der Waals surface area contributed by atoms with Crippen LogP contribution in [0.25, 0.3) is 5.69 Å². The van der Waals surface area contributed by atoms with Gasteiger partial charge in [0.25, 0.3) is 5.91 Å². The Hall–Kier alpha value is -2.54. The zero-order valence-corrected chi connectivity index (χ0v) is 12.6. The zero-order chi connectivity index (χ0) is 15.5. The van der Waals surface area contributed by atoms with E-state index < -0.39 is 0 Å². The van der Waals surface area contributed by atoms with Crippen molar-refractivity contribution in [3.8, 4) is 5.69 Å². The number of aryl methyl sites for hydroxylation is 1. The van der Waals surface area contributed by atoms with Gasteiger partial charge >= 0.3 is 0 Å². The van der Waals surface area contributed by atoms with Gasteiger partial charge in [0.2, 0.25) is 5.82 Å². The van der Waals surface area contributed by atoms with Gasteiger partial charge in [-0.1, -0.05) is 6.07 Å². The van der Waals surface area contributed by atoms with Crippen LogP contribution in [0.2, 0.25) is 0 Å². The fourth-order valence-corrected chi connectivity index (χ4v) is 2.62. The minimum absolute atomic E-state index is 0.0957. The van der Waals surface area contributed by atoms with Crippen molar-refractivity contribution in [1.29, 1.82) is 0 Å². The Morgan fingerprint density at radius 2 is 2.09 bits per heavy atom. The average Bonchev–Trinajstić information content (AvgIpc) is 3.15. The lowest BCUT2D eigenvalue weighted by Crippen LogP contribution is -2.23. The average molecular weight is 316 g/mol. The maximum absolute atomic E-state index is 13.0. The molecule has 3 aromatic rings. The lowest BCUT2D eigenvalue weighted by molar-refractivity contribution is 0.0941. The summed E-state index contributed by atoms with van der Waals surface area (Å²) in [4.78, 5) is 17.3. The van der Waals surface area contributed by atoms with Crippen LogP contribution in [0.3, 0.4) is 0 Å². The third-order valence-electron chi connectivity index (χ3n) is 3.05. The number of carbonyl (C=O) groups excluding carboxylic acids is 1. The lowest BCUT2D eigenvalue weighted by Gasteiger charge is -2.02. The highest BCUT2D eigenvalue weighted by Gasteiger charge is 2.15. The van der Waals surface area contributed by atoms with Crippen LogP contribution in [-0.4, -0.2) is 20.7 Å². The van der Waals surface area contributed by atoms with Crippen LogP contribution in [0, 0.1) is 12.7 Å². The van der Waals surface area contributed by atoms with Crippen molar-refractivity contribution in [3.05, 3.63) is 64.1 Å². The molecule has 0 fully saturated rings. The molecular formula is C15H13FN4OS. The summed E-state index contributed by atoms with van der Waals surface area (Å²) in [5, 5.41) is 8.91. The monoisotopic (exact) mass is 316 g/mol. The summed E-state index contributed by atoms with van der Waals surface area (Å²) in [6.07, 6.45) is 0. The second kappa shape index (κ2) is 6.07. The lowest BCUT2D eigenvalue weighted by atomic mass is 10.3. The summed E-state index contributed by atoms with van der Waals surface area (Å²) in [7, 11) is 0. The number of halogens is 1. The van der Waals surface area contributed by atoms with Crippen molar-refractivity contribution in [1.82, 2.24) is 20.1 Å². The summed E-state index contributed by atoms with van der Waals surface area (Å²) in [6.45, 7) is 2.19. The third-order valence-corrected chi connectivity index (χ3v) is 3.92. The normalized spacial score (nSPS) is 10.6. The molecule has 0 spiro atoms. The topological polar surface area (TPSA) is 59.8 Å². The Bertz CT molecular complexity index is 780. The Morgan fingerprint density at radius 1 is 1.32 bits per heavy atom. The van der Waals surface area contributed by atoms with E-state index in [0.717, 1.165) is 4.88 Å². The van der Waals surface area contributed by atoms with E-state index in [4.69, 9.17) is 0 Å². The molecule has 0 saturated carbocycles. The molecule has 0 saturated heterocycles. The number of rotatable bonds is 4. The van der Waals surface area contributed by atoms with Gasteiger partial charge in [-0.25, -0.2) is 14.1 Å². The van der Waals surface area contributed by atoms with E-state index in [1.165, 1.54) is 16.8 Å². The Balaban J connectivity index is 1.76. The van der Waals surface area contributed by atoms with Crippen molar-refractivity contribution >= 4 is 17.2 Å². The van der Waals surface area contributed by atoms with Crippen LogP contribution < -0.4 is 5.32 Å². The Kier molecular flexibility index (Phi) is 3.97. The molecule has 0 aliphatic rings. The van der Waals surface area contributed by atoms with Gasteiger partial charge in [-0.05, 0) is 42.6 Å². The fraction of sp³-hybridized carbons (Fsp3) is 0.133. The molecule has 0 radical (unpaired) electrons. The Labute approximate surface area is 130 Å². The first-order valence-corrected chi connectivity index (χ1v) is 7.51. The second-order valence-corrected chi connectivity index (χ2v) is 5.67. The highest BCUT2D eigenvalue weighted by Crippen LogP contribution is 2.11. The van der Waals surface area contributed by atoms with Crippen LogP contribution in [0.1, 0.15) is 21.3 Å². The quantitative estimate of drug-likeness (QED) is 0.805. The number of carbonyl (C=O) groups is 1. The van der Waals surface area contributed by atoms with Crippen LogP contribution in [-0.2, 0) is 6.54 Å². The molecule has 2 heterocycles. The molecule has 3 rings (SSSR count). The molecule has 5 nitrogen and oxygen atoms in total. The number of hydrogen-bond donors (Lipinski definition) is 1. The maximum atomic E-state index is 13.0. The molecule has 1 amide bonds. The van der Waals surface area contributed by atoms with Crippen molar-refractivity contribution < 1.29 is 9.18 Å². The van der Waals surface area contributed by atoms with E-state index in [1.54, 1.807) is 30.4 Å². The van der Waals surface area contributed by atoms with Crippen LogP contribution in [0.4, 0.5) is 4.39 Å². The van der Waals surface area contributed by atoms with Gasteiger partial charge in [0, 0.05) is 4.88 Å². The van der Waals surface area contributed by atoms with E-state index in [9.17, 15) is 9.18 Å². The summed E-state index contributed by atoms with van der Waals surface area (Å²) >= 11 is 1.57. The van der Waals surface area contributed by atoms with E-state index in [-0.39, 0.29) is 17.5 Å². The predicted octanol–water partition coefficient (Wildman–Crippen LogP) is 2.71. The zero-order valence-electron chi connectivity index (χ0n) is 11.8. The molecule has 0 bridgehead atoms. The maximum Gasteiger partial charge on any atom is 0.291 e. The SMILES string of the molecule is Cc1nc(C(=O)NCc2cccs2)nn1-c1ccc(F)cc1. The molecule has 112 valence electrons. The first-order chi connectivity index (χ1) is 10.6. The van der Waals surface area contributed by atoms with Gasteiger partial charge in [-0.2, -0.15) is 0 Å². The molecule has 22 heavy (non-hydrogen) atoms. The standard InChI is InChI=1S/C15H13FN4OS/c1-10-18-14(15(21)17-9-13-3-2-8-22-13)19-20(10)12-6-4-11(16)5-7-12/h2-8H,9H2,1H3,(H,17,21). The highest BCUT2D eigenvalue weighted by molar-refractivity contribution is 7.09. The van der Waals surface area contributed by atoms with Crippen molar-refractivity contribution in [2.45, 2.75) is 13.5 Å². The number of nitrogens with zero attached hydrogens (tertiary/aromatic N) is 3. The first kappa shape index (κ1) is 14.4. The number of benzene rings is 1. The van der Waals surface area contributed by atoms with E-state index in [1.807, 2.05) is 17.5 Å². The smallest absolute Gasteiger partial charge is 0.291 e. The molecule has 0 atom stereocenters. The molecular weight excluding hydrogens is 303 g/mol. The molecule has 0 unspecified atom stereocenters. The largest absolute Gasteiger partial charge is 0.344 e. The van der Waals surface area contributed by atoms with Crippen molar-refractivity contribution in [3.63, 3.8) is 0 Å². The van der Waals surface area contributed by atoms with Gasteiger partial charge in [0.15, 0.2) is 0 Å². The molecule has 1 N–H and O–H groups in total. The second-order valence-electron chi connectivity index (χ2n) is 4.63. The molecule has 7 heteroatoms. The number of nitrogens with one attached hydrogen (secondary N) is 1. The molecule has 2 aromatic heterocycles. The van der Waals surface area contributed by atoms with Gasteiger partial charge in [-0.15, -0.1) is 16.4 Å². The van der Waals surface area contributed by atoms with E-state index >= 15 is 0 Å². The van der Waals surface area contributed by atoms with E-state index in [0.29, 0.717) is 18.1 Å². The minimum Gasteiger partial charge on any atom is -0.344 e. The summed E-state index contributed by atoms with van der Waals surface area (Å²) in [5.41, 5.74) is 0.656. The highest BCUT2D eigenvalue weighted by atomic mass is 32.1.